The van der Waals surface area contributed by atoms with E-state index in [0.29, 0.717) is 16.5 Å². The van der Waals surface area contributed by atoms with Crippen LogP contribution in [0.4, 0.5) is 0 Å². The van der Waals surface area contributed by atoms with Gasteiger partial charge in [-0.15, -0.1) is 0 Å². The van der Waals surface area contributed by atoms with E-state index in [1.165, 1.54) is 4.68 Å². The summed E-state index contributed by atoms with van der Waals surface area (Å²) in [6.07, 6.45) is 0. The summed E-state index contributed by atoms with van der Waals surface area (Å²) in [6.45, 7) is 1.45. The number of aryl methyl sites for hydroxylation is 2. The minimum atomic E-state index is -0.344. The van der Waals surface area contributed by atoms with Crippen molar-refractivity contribution < 1.29 is 14.6 Å². The number of carbonyl (C=O) groups excluding carboxylic acids is 1. The number of nitrogens with zero attached hydrogens (tertiary/aromatic N) is 2. The molecule has 0 atom stereocenters. The van der Waals surface area contributed by atoms with Crippen LogP contribution in [0, 0.1) is 6.92 Å². The predicted octanol–water partition coefficient (Wildman–Crippen LogP) is 2.35. The molecule has 0 aliphatic heterocycles. The molecule has 0 saturated carbocycles. The molecule has 0 amide bonds. The number of rotatable bonds is 4. The summed E-state index contributed by atoms with van der Waals surface area (Å²) in [5.41, 5.74) is 0.641. The Labute approximate surface area is 115 Å². The lowest BCUT2D eigenvalue weighted by atomic mass is 10.2. The van der Waals surface area contributed by atoms with Crippen molar-refractivity contribution >= 4 is 17.4 Å². The average molecular weight is 281 g/mol. The summed E-state index contributed by atoms with van der Waals surface area (Å²) in [4.78, 5) is 12.0. The van der Waals surface area contributed by atoms with Crippen LogP contribution in [0.5, 0.6) is 11.6 Å². The van der Waals surface area contributed by atoms with E-state index < -0.39 is 0 Å². The van der Waals surface area contributed by atoms with Crippen molar-refractivity contribution in [2.45, 2.75) is 6.92 Å². The van der Waals surface area contributed by atoms with Crippen molar-refractivity contribution in [2.75, 3.05) is 6.61 Å². The molecule has 1 aromatic carbocycles. The Morgan fingerprint density at radius 3 is 2.74 bits per heavy atom. The van der Waals surface area contributed by atoms with Crippen LogP contribution in [0.1, 0.15) is 16.1 Å². The van der Waals surface area contributed by atoms with Gasteiger partial charge in [-0.2, -0.15) is 5.10 Å². The molecule has 0 fully saturated rings. The molecule has 0 bridgehead atoms. The molecular weight excluding hydrogens is 268 g/mol. The molecule has 1 aromatic heterocycles. The first-order valence-corrected chi connectivity index (χ1v) is 6.01. The highest BCUT2D eigenvalue weighted by atomic mass is 35.5. The minimum Gasteiger partial charge on any atom is -0.493 e. The van der Waals surface area contributed by atoms with Crippen LogP contribution in [0.3, 0.4) is 0 Å². The maximum absolute atomic E-state index is 12.0. The summed E-state index contributed by atoms with van der Waals surface area (Å²) in [5, 5.41) is 14.1. The van der Waals surface area contributed by atoms with Gasteiger partial charge in [-0.25, -0.2) is 4.68 Å². The zero-order valence-electron chi connectivity index (χ0n) is 10.6. The molecule has 6 heteroatoms. The average Bonchev–Trinajstić information content (AvgIpc) is 2.62. The molecule has 0 unspecified atom stereocenters. The first kappa shape index (κ1) is 13.4. The van der Waals surface area contributed by atoms with Gasteiger partial charge in [0.25, 0.3) is 0 Å². The SMILES string of the molecule is Cc1nn(C)c(O)c1C(=O)COc1ccccc1Cl. The second-order valence-electron chi connectivity index (χ2n) is 4.05. The Kier molecular flexibility index (Phi) is 3.76. The van der Waals surface area contributed by atoms with Gasteiger partial charge in [0.1, 0.15) is 11.3 Å². The third-order valence-corrected chi connectivity index (χ3v) is 2.98. The second kappa shape index (κ2) is 5.32. The number of aromatic nitrogens is 2. The van der Waals surface area contributed by atoms with E-state index in [0.717, 1.165) is 0 Å². The molecule has 0 radical (unpaired) electrons. The molecule has 2 rings (SSSR count). The van der Waals surface area contributed by atoms with Crippen molar-refractivity contribution in [3.05, 3.63) is 40.5 Å². The zero-order valence-corrected chi connectivity index (χ0v) is 11.3. The summed E-state index contributed by atoms with van der Waals surface area (Å²) in [6, 6.07) is 6.88. The Morgan fingerprint density at radius 2 is 2.16 bits per heavy atom. The van der Waals surface area contributed by atoms with E-state index in [4.69, 9.17) is 16.3 Å². The van der Waals surface area contributed by atoms with E-state index in [2.05, 4.69) is 5.10 Å². The quantitative estimate of drug-likeness (QED) is 0.873. The number of hydrogen-bond acceptors (Lipinski definition) is 4. The van der Waals surface area contributed by atoms with Crippen LogP contribution in [0.15, 0.2) is 24.3 Å². The third kappa shape index (κ3) is 2.71. The number of benzene rings is 1. The zero-order chi connectivity index (χ0) is 14.0. The van der Waals surface area contributed by atoms with E-state index in [9.17, 15) is 9.90 Å². The highest BCUT2D eigenvalue weighted by molar-refractivity contribution is 6.32. The largest absolute Gasteiger partial charge is 0.493 e. The predicted molar refractivity (Wildman–Crippen MR) is 70.9 cm³/mol. The molecule has 1 heterocycles. The number of para-hydroxylation sites is 1. The first-order valence-electron chi connectivity index (χ1n) is 5.63. The molecule has 100 valence electrons. The van der Waals surface area contributed by atoms with E-state index >= 15 is 0 Å². The molecule has 0 aliphatic rings. The third-order valence-electron chi connectivity index (χ3n) is 2.67. The number of hydrogen-bond donors (Lipinski definition) is 1. The fourth-order valence-electron chi connectivity index (χ4n) is 1.75. The van der Waals surface area contributed by atoms with E-state index in [-0.39, 0.29) is 23.8 Å². The topological polar surface area (TPSA) is 64.3 Å². The Balaban J connectivity index is 2.12. The fourth-order valence-corrected chi connectivity index (χ4v) is 1.94. The van der Waals surface area contributed by atoms with Crippen molar-refractivity contribution in [1.82, 2.24) is 9.78 Å². The number of ether oxygens (including phenoxy) is 1. The maximum atomic E-state index is 12.0. The number of aromatic hydroxyl groups is 1. The minimum absolute atomic E-state index is 0.162. The molecular formula is C13H13ClN2O3. The van der Waals surface area contributed by atoms with Gasteiger partial charge in [-0.3, -0.25) is 4.79 Å². The molecule has 1 N–H and O–H groups in total. The molecule has 0 saturated heterocycles. The molecule has 5 nitrogen and oxygen atoms in total. The van der Waals surface area contributed by atoms with Gasteiger partial charge >= 0.3 is 0 Å². The number of Topliss-reactive ketones (excluding diaryl/α,β-unsaturated/α-hetero) is 1. The number of carbonyl (C=O) groups is 1. The van der Waals surface area contributed by atoms with Gasteiger partial charge in [0, 0.05) is 7.05 Å². The van der Waals surface area contributed by atoms with Crippen LogP contribution in [0.2, 0.25) is 5.02 Å². The molecule has 0 aliphatic carbocycles. The van der Waals surface area contributed by atoms with Gasteiger partial charge in [0.2, 0.25) is 11.7 Å². The van der Waals surface area contributed by atoms with E-state index in [1.54, 1.807) is 38.2 Å². The summed E-state index contributed by atoms with van der Waals surface area (Å²) < 4.78 is 6.59. The van der Waals surface area contributed by atoms with Crippen LogP contribution in [-0.2, 0) is 7.05 Å². The Morgan fingerprint density at radius 1 is 1.47 bits per heavy atom. The van der Waals surface area contributed by atoms with Crippen LogP contribution >= 0.6 is 11.6 Å². The van der Waals surface area contributed by atoms with Gasteiger partial charge < -0.3 is 9.84 Å². The first-order chi connectivity index (χ1) is 9.00. The van der Waals surface area contributed by atoms with Gasteiger partial charge in [-0.05, 0) is 19.1 Å². The molecule has 19 heavy (non-hydrogen) atoms. The number of ketones is 1. The lowest BCUT2D eigenvalue weighted by molar-refractivity contribution is 0.0918. The Bertz CT molecular complexity index is 622. The van der Waals surface area contributed by atoms with Crippen molar-refractivity contribution in [3.63, 3.8) is 0 Å². The normalized spacial score (nSPS) is 10.5. The van der Waals surface area contributed by atoms with Gasteiger partial charge in [0.15, 0.2) is 6.61 Å². The molecule has 0 spiro atoms. The standard InChI is InChI=1S/C13H13ClN2O3/c1-8-12(13(18)16(2)15-8)10(17)7-19-11-6-4-3-5-9(11)14/h3-6,18H,7H2,1-2H3. The lowest BCUT2D eigenvalue weighted by Gasteiger charge is -2.06. The van der Waals surface area contributed by atoms with E-state index in [1.807, 2.05) is 0 Å². The Hall–Kier alpha value is -2.01. The monoisotopic (exact) mass is 280 g/mol. The highest BCUT2D eigenvalue weighted by Gasteiger charge is 2.20. The van der Waals surface area contributed by atoms with Crippen LogP contribution < -0.4 is 4.74 Å². The summed E-state index contributed by atoms with van der Waals surface area (Å²) in [5.74, 6) is -0.0770. The maximum Gasteiger partial charge on any atom is 0.220 e. The van der Waals surface area contributed by atoms with Crippen molar-refractivity contribution in [3.8, 4) is 11.6 Å². The van der Waals surface area contributed by atoms with Crippen LogP contribution in [0.25, 0.3) is 0 Å². The van der Waals surface area contributed by atoms with Gasteiger partial charge in [0.05, 0.1) is 10.7 Å². The smallest absolute Gasteiger partial charge is 0.220 e. The number of halogens is 1. The van der Waals surface area contributed by atoms with Crippen LogP contribution in [-0.4, -0.2) is 27.3 Å². The second-order valence-corrected chi connectivity index (χ2v) is 4.46. The fraction of sp³-hybridized carbons (Fsp3) is 0.231. The summed E-state index contributed by atoms with van der Waals surface area (Å²) >= 11 is 5.92. The summed E-state index contributed by atoms with van der Waals surface area (Å²) in [7, 11) is 1.56. The lowest BCUT2D eigenvalue weighted by Crippen LogP contribution is -2.12. The van der Waals surface area contributed by atoms with Crippen molar-refractivity contribution in [2.24, 2.45) is 7.05 Å². The molecule has 2 aromatic rings. The highest BCUT2D eigenvalue weighted by Crippen LogP contribution is 2.24. The van der Waals surface area contributed by atoms with Crippen molar-refractivity contribution in [1.29, 1.82) is 0 Å². The van der Waals surface area contributed by atoms with Gasteiger partial charge in [-0.1, -0.05) is 23.7 Å².